The van der Waals surface area contributed by atoms with Crippen LogP contribution in [0, 0.1) is 10.1 Å². The topological polar surface area (TPSA) is 93.8 Å². The molecule has 2 aromatic rings. The van der Waals surface area contributed by atoms with E-state index in [0.29, 0.717) is 5.92 Å². The zero-order valence-corrected chi connectivity index (χ0v) is 14.8. The molecule has 0 heterocycles. The Labute approximate surface area is 157 Å². The van der Waals surface area contributed by atoms with Crippen molar-refractivity contribution in [1.82, 2.24) is 5.43 Å². The second kappa shape index (κ2) is 8.93. The zero-order chi connectivity index (χ0) is 19.1. The van der Waals surface area contributed by atoms with E-state index in [9.17, 15) is 14.9 Å². The van der Waals surface area contributed by atoms with Gasteiger partial charge in [-0.15, -0.1) is 0 Å². The van der Waals surface area contributed by atoms with Crippen molar-refractivity contribution in [2.24, 2.45) is 5.10 Å². The van der Waals surface area contributed by atoms with Gasteiger partial charge in [0.05, 0.1) is 4.92 Å². The Morgan fingerprint density at radius 2 is 1.78 bits per heavy atom. The predicted octanol–water partition coefficient (Wildman–Crippen LogP) is 3.80. The van der Waals surface area contributed by atoms with Gasteiger partial charge >= 0.3 is 5.69 Å². The van der Waals surface area contributed by atoms with E-state index < -0.39 is 10.8 Å². The van der Waals surface area contributed by atoms with E-state index in [4.69, 9.17) is 4.74 Å². The lowest BCUT2D eigenvalue weighted by molar-refractivity contribution is -0.385. The minimum absolute atomic E-state index is 0.0636. The summed E-state index contributed by atoms with van der Waals surface area (Å²) in [4.78, 5) is 22.3. The van der Waals surface area contributed by atoms with Crippen LogP contribution in [0.15, 0.2) is 59.7 Å². The van der Waals surface area contributed by atoms with Gasteiger partial charge in [-0.1, -0.05) is 42.5 Å². The highest BCUT2D eigenvalue weighted by Gasteiger charge is 2.19. The third-order valence-electron chi connectivity index (χ3n) is 4.59. The van der Waals surface area contributed by atoms with Crippen LogP contribution in [-0.2, 0) is 4.79 Å². The Bertz CT molecular complexity index is 826. The largest absolute Gasteiger partial charge is 0.477 e. The number of ether oxygens (including phenoxy) is 1. The highest BCUT2D eigenvalue weighted by Crippen LogP contribution is 2.31. The third-order valence-corrected chi connectivity index (χ3v) is 4.59. The number of para-hydroxylation sites is 2. The lowest BCUT2D eigenvalue weighted by atomic mass is 9.83. The minimum atomic E-state index is -0.543. The molecule has 0 spiro atoms. The quantitative estimate of drug-likeness (QED) is 0.620. The summed E-state index contributed by atoms with van der Waals surface area (Å²) < 4.78 is 5.25. The third kappa shape index (κ3) is 5.13. The molecule has 7 heteroatoms. The van der Waals surface area contributed by atoms with Gasteiger partial charge in [-0.2, -0.15) is 5.10 Å². The number of nitro benzene ring substituents is 1. The zero-order valence-electron chi connectivity index (χ0n) is 14.8. The Balaban J connectivity index is 1.46. The van der Waals surface area contributed by atoms with Crippen LogP contribution in [0.3, 0.4) is 0 Å². The first-order valence-electron chi connectivity index (χ1n) is 8.89. The van der Waals surface area contributed by atoms with Crippen molar-refractivity contribution in [3.8, 4) is 5.75 Å². The molecule has 0 aliphatic heterocycles. The van der Waals surface area contributed by atoms with Crippen LogP contribution in [-0.4, -0.2) is 23.1 Å². The average Bonchev–Trinajstić information content (AvgIpc) is 2.72. The summed E-state index contributed by atoms with van der Waals surface area (Å²) >= 11 is 0. The molecule has 1 saturated carbocycles. The van der Waals surface area contributed by atoms with E-state index in [1.54, 1.807) is 12.1 Å². The number of carbonyl (C=O) groups is 1. The van der Waals surface area contributed by atoms with Gasteiger partial charge in [0, 0.05) is 11.8 Å². The summed E-state index contributed by atoms with van der Waals surface area (Å²) in [6.07, 6.45) is 3.69. The average molecular weight is 367 g/mol. The predicted molar refractivity (Wildman–Crippen MR) is 102 cm³/mol. The fraction of sp³-hybridized carbons (Fsp3) is 0.300. The molecule has 1 fully saturated rings. The molecule has 0 bridgehead atoms. The van der Waals surface area contributed by atoms with E-state index in [1.807, 2.05) is 6.07 Å². The molecule has 1 aliphatic rings. The van der Waals surface area contributed by atoms with Crippen LogP contribution in [0.25, 0.3) is 0 Å². The number of hydrogen-bond donors (Lipinski definition) is 1. The molecule has 0 unspecified atom stereocenters. The smallest absolute Gasteiger partial charge is 0.310 e. The molecule has 0 radical (unpaired) electrons. The Hall–Kier alpha value is -3.22. The summed E-state index contributed by atoms with van der Waals surface area (Å²) in [6.45, 7) is -0.325. The molecule has 0 aromatic heterocycles. The maximum Gasteiger partial charge on any atom is 0.310 e. The van der Waals surface area contributed by atoms with Gasteiger partial charge in [0.2, 0.25) is 0 Å². The van der Waals surface area contributed by atoms with E-state index in [0.717, 1.165) is 31.4 Å². The van der Waals surface area contributed by atoms with E-state index in [1.165, 1.54) is 17.7 Å². The molecular formula is C20H21N3O4. The van der Waals surface area contributed by atoms with Crippen LogP contribution >= 0.6 is 0 Å². The van der Waals surface area contributed by atoms with Gasteiger partial charge < -0.3 is 4.74 Å². The van der Waals surface area contributed by atoms with Crippen LogP contribution in [0.1, 0.15) is 37.2 Å². The number of carbonyl (C=O) groups excluding carboxylic acids is 1. The second-order valence-electron chi connectivity index (χ2n) is 6.41. The summed E-state index contributed by atoms with van der Waals surface area (Å²) in [5.41, 5.74) is 4.61. The van der Waals surface area contributed by atoms with Crippen molar-refractivity contribution in [2.45, 2.75) is 31.6 Å². The van der Waals surface area contributed by atoms with Crippen molar-refractivity contribution in [3.05, 3.63) is 70.3 Å². The molecule has 1 aliphatic carbocycles. The Morgan fingerprint density at radius 3 is 2.48 bits per heavy atom. The standard InChI is InChI=1S/C20H21N3O4/c24-20(14-27-19-9-5-4-8-18(19)23(25)26)22-21-17-12-10-16(11-13-17)15-6-2-1-3-7-15/h1-9,16H,10-14H2,(H,22,24). The van der Waals surface area contributed by atoms with Crippen molar-refractivity contribution >= 4 is 17.3 Å². The molecule has 2 aromatic carbocycles. The first-order chi connectivity index (χ1) is 13.1. The fourth-order valence-electron chi connectivity index (χ4n) is 3.17. The van der Waals surface area contributed by atoms with Gasteiger partial charge in [0.25, 0.3) is 5.91 Å². The van der Waals surface area contributed by atoms with Crippen molar-refractivity contribution in [1.29, 1.82) is 0 Å². The lowest BCUT2D eigenvalue weighted by Crippen LogP contribution is -2.26. The first kappa shape index (κ1) is 18.6. The van der Waals surface area contributed by atoms with Crippen LogP contribution in [0.2, 0.25) is 0 Å². The first-order valence-corrected chi connectivity index (χ1v) is 8.89. The Morgan fingerprint density at radius 1 is 1.11 bits per heavy atom. The molecule has 1 amide bonds. The number of benzene rings is 2. The van der Waals surface area contributed by atoms with E-state index in [2.05, 4.69) is 34.8 Å². The minimum Gasteiger partial charge on any atom is -0.477 e. The van der Waals surface area contributed by atoms with Crippen LogP contribution in [0.5, 0.6) is 5.75 Å². The molecule has 1 N–H and O–H groups in total. The molecule has 7 nitrogen and oxygen atoms in total. The van der Waals surface area contributed by atoms with Gasteiger partial charge in [-0.3, -0.25) is 14.9 Å². The number of hydrogen-bond acceptors (Lipinski definition) is 5. The summed E-state index contributed by atoms with van der Waals surface area (Å²) in [6, 6.07) is 16.4. The van der Waals surface area contributed by atoms with E-state index in [-0.39, 0.29) is 18.0 Å². The molecule has 0 atom stereocenters. The molecular weight excluding hydrogens is 346 g/mol. The fourth-order valence-corrected chi connectivity index (χ4v) is 3.17. The SMILES string of the molecule is O=C(COc1ccccc1[N+](=O)[O-])NN=C1CCC(c2ccccc2)CC1. The molecule has 140 valence electrons. The number of nitro groups is 1. The maximum atomic E-state index is 11.9. The Kier molecular flexibility index (Phi) is 6.14. The van der Waals surface area contributed by atoms with Gasteiger partial charge in [0.15, 0.2) is 12.4 Å². The lowest BCUT2D eigenvalue weighted by Gasteiger charge is -2.23. The second-order valence-corrected chi connectivity index (χ2v) is 6.41. The van der Waals surface area contributed by atoms with Crippen LogP contribution in [0.4, 0.5) is 5.69 Å². The summed E-state index contributed by atoms with van der Waals surface area (Å²) in [7, 11) is 0. The molecule has 0 saturated heterocycles. The monoisotopic (exact) mass is 367 g/mol. The van der Waals surface area contributed by atoms with Crippen LogP contribution < -0.4 is 10.2 Å². The van der Waals surface area contributed by atoms with Crippen molar-refractivity contribution < 1.29 is 14.5 Å². The number of nitrogens with zero attached hydrogens (tertiary/aromatic N) is 2. The van der Waals surface area contributed by atoms with Gasteiger partial charge in [-0.05, 0) is 43.2 Å². The highest BCUT2D eigenvalue weighted by atomic mass is 16.6. The normalized spacial score (nSPS) is 16.4. The van der Waals surface area contributed by atoms with Crippen molar-refractivity contribution in [2.75, 3.05) is 6.61 Å². The highest BCUT2D eigenvalue weighted by molar-refractivity contribution is 5.87. The number of nitrogens with one attached hydrogen (secondary N) is 1. The van der Waals surface area contributed by atoms with Gasteiger partial charge in [0.1, 0.15) is 0 Å². The number of hydrazone groups is 1. The van der Waals surface area contributed by atoms with Crippen molar-refractivity contribution in [3.63, 3.8) is 0 Å². The summed E-state index contributed by atoms with van der Waals surface area (Å²) in [5, 5.41) is 15.1. The maximum absolute atomic E-state index is 11.9. The molecule has 27 heavy (non-hydrogen) atoms. The van der Waals surface area contributed by atoms with Gasteiger partial charge in [-0.25, -0.2) is 5.43 Å². The number of amides is 1. The van der Waals surface area contributed by atoms with E-state index >= 15 is 0 Å². The molecule has 3 rings (SSSR count). The summed E-state index contributed by atoms with van der Waals surface area (Å²) in [5.74, 6) is 0.155. The number of rotatable bonds is 6.